The van der Waals surface area contributed by atoms with Crippen molar-refractivity contribution >= 4 is 17.5 Å². The lowest BCUT2D eigenvalue weighted by molar-refractivity contribution is 0.544. The van der Waals surface area contributed by atoms with Crippen molar-refractivity contribution in [2.75, 3.05) is 0 Å². The summed E-state index contributed by atoms with van der Waals surface area (Å²) in [6, 6.07) is 0. The molecule has 0 fully saturated rings. The molecule has 0 saturated heterocycles. The average Bonchev–Trinajstić information content (AvgIpc) is 1.59. The van der Waals surface area contributed by atoms with Gasteiger partial charge in [-0.1, -0.05) is 6.92 Å². The molecule has 0 aromatic carbocycles. The highest BCUT2D eigenvalue weighted by molar-refractivity contribution is 6.85. The molecule has 0 saturated carbocycles. The maximum absolute atomic E-state index is 12.3. The molecule has 0 nitrogen and oxygen atoms in total. The lowest BCUT2D eigenvalue weighted by Gasteiger charge is -2.19. The highest BCUT2D eigenvalue weighted by Gasteiger charge is 2.52. The van der Waals surface area contributed by atoms with E-state index in [1.807, 2.05) is 0 Å². The van der Waals surface area contributed by atoms with E-state index in [1.54, 1.807) is 0 Å². The Morgan fingerprint density at radius 2 is 1.10 bits per heavy atom. The lowest BCUT2D eigenvalue weighted by Crippen LogP contribution is -2.38. The molecule has 0 bridgehead atoms. The van der Waals surface area contributed by atoms with Gasteiger partial charge < -0.3 is 0 Å². The van der Waals surface area contributed by atoms with Gasteiger partial charge in [0.1, 0.15) is 0 Å². The van der Waals surface area contributed by atoms with E-state index < -0.39 is 22.6 Å². The highest BCUT2D eigenvalue weighted by Crippen LogP contribution is 2.34. The van der Waals surface area contributed by atoms with E-state index in [-0.39, 0.29) is 0 Å². The van der Waals surface area contributed by atoms with Gasteiger partial charge in [0.2, 0.25) is 0 Å². The molecular formula is C4H10F4Si2. The molecule has 0 atom stereocenters. The molecule has 0 N–H and O–H groups in total. The summed E-state index contributed by atoms with van der Waals surface area (Å²) < 4.78 is 49.2. The fourth-order valence-electron chi connectivity index (χ4n) is 0.445. The molecule has 62 valence electrons. The smallest absolute Gasteiger partial charge is 0.271 e. The van der Waals surface area contributed by atoms with Crippen LogP contribution in [0.5, 0.6) is 0 Å². The standard InChI is InChI=1S/C4H10F4Si2/c1-4(9(2,5)6)10(3,7)8/h4H,1-3H3. The molecular weight excluding hydrogens is 180 g/mol. The van der Waals surface area contributed by atoms with E-state index in [9.17, 15) is 16.4 Å². The van der Waals surface area contributed by atoms with Crippen molar-refractivity contribution in [3.63, 3.8) is 0 Å². The molecule has 0 amide bonds. The third-order valence-corrected chi connectivity index (χ3v) is 7.60. The zero-order valence-corrected chi connectivity index (χ0v) is 8.09. The molecule has 6 heteroatoms. The Bertz CT molecular complexity index is 99.4. The largest absolute Gasteiger partial charge is 0.427 e. The minimum Gasteiger partial charge on any atom is -0.271 e. The first-order valence-electron chi connectivity index (χ1n) is 2.91. The molecule has 0 radical (unpaired) electrons. The van der Waals surface area contributed by atoms with Gasteiger partial charge in [0.15, 0.2) is 0 Å². The van der Waals surface area contributed by atoms with Gasteiger partial charge in [-0.25, -0.2) is 0 Å². The van der Waals surface area contributed by atoms with Crippen LogP contribution in [-0.4, -0.2) is 17.5 Å². The molecule has 0 rings (SSSR count). The first kappa shape index (κ1) is 10.2. The summed E-state index contributed by atoms with van der Waals surface area (Å²) in [5, 5.41) is -1.63. The summed E-state index contributed by atoms with van der Waals surface area (Å²) in [7, 11) is -9.17. The molecule has 0 aliphatic rings. The Morgan fingerprint density at radius 1 is 0.900 bits per heavy atom. The number of halogens is 4. The zero-order valence-electron chi connectivity index (χ0n) is 6.09. The molecule has 10 heavy (non-hydrogen) atoms. The van der Waals surface area contributed by atoms with Crippen LogP contribution < -0.4 is 0 Å². The summed E-state index contributed by atoms with van der Waals surface area (Å²) in [5.74, 6) is 0. The molecule has 0 aromatic heterocycles. The van der Waals surface area contributed by atoms with Crippen LogP contribution >= 0.6 is 0 Å². The summed E-state index contributed by atoms with van der Waals surface area (Å²) in [6.45, 7) is 2.29. The van der Waals surface area contributed by atoms with Gasteiger partial charge in [-0.05, 0) is 13.1 Å². The SMILES string of the molecule is CC([Si](C)(F)F)[Si](C)(F)F. The number of hydrogen-bond acceptors (Lipinski definition) is 0. The molecule has 0 aliphatic carbocycles. The topological polar surface area (TPSA) is 0 Å². The number of rotatable bonds is 2. The monoisotopic (exact) mass is 190 g/mol. The van der Waals surface area contributed by atoms with E-state index in [4.69, 9.17) is 0 Å². The van der Waals surface area contributed by atoms with Crippen molar-refractivity contribution in [1.82, 2.24) is 0 Å². The second-order valence-corrected chi connectivity index (χ2v) is 8.77. The minimum absolute atomic E-state index is 0.669. The van der Waals surface area contributed by atoms with Crippen molar-refractivity contribution in [2.45, 2.75) is 25.2 Å². The maximum atomic E-state index is 12.3. The van der Waals surface area contributed by atoms with Crippen LogP contribution in [0.1, 0.15) is 6.92 Å². The van der Waals surface area contributed by atoms with E-state index in [0.29, 0.717) is 13.1 Å². The van der Waals surface area contributed by atoms with Gasteiger partial charge in [-0.2, -0.15) is 0 Å². The number of hydrogen-bond donors (Lipinski definition) is 0. The molecule has 0 spiro atoms. The van der Waals surface area contributed by atoms with Crippen LogP contribution in [0.4, 0.5) is 16.4 Å². The molecule has 0 heterocycles. The quantitative estimate of drug-likeness (QED) is 0.357. The van der Waals surface area contributed by atoms with E-state index in [2.05, 4.69) is 0 Å². The normalized spacial score (nSPS) is 14.4. The van der Waals surface area contributed by atoms with Gasteiger partial charge in [0.05, 0.1) is 5.16 Å². The highest BCUT2D eigenvalue weighted by atomic mass is 28.5. The van der Waals surface area contributed by atoms with E-state index in [0.717, 1.165) is 6.92 Å². The Balaban J connectivity index is 4.23. The second-order valence-electron chi connectivity index (χ2n) is 2.63. The Labute approximate surface area is 60.0 Å². The van der Waals surface area contributed by atoms with Crippen molar-refractivity contribution in [1.29, 1.82) is 0 Å². The summed E-state index contributed by atoms with van der Waals surface area (Å²) in [5.41, 5.74) is 0. The maximum Gasteiger partial charge on any atom is 0.427 e. The van der Waals surface area contributed by atoms with Gasteiger partial charge in [0, 0.05) is 0 Å². The van der Waals surface area contributed by atoms with Crippen molar-refractivity contribution < 1.29 is 16.4 Å². The fraction of sp³-hybridized carbons (Fsp3) is 1.00. The van der Waals surface area contributed by atoms with Crippen LogP contribution in [0.2, 0.25) is 18.3 Å². The molecule has 0 unspecified atom stereocenters. The first-order chi connectivity index (χ1) is 4.15. The van der Waals surface area contributed by atoms with E-state index in [1.165, 1.54) is 0 Å². The van der Waals surface area contributed by atoms with Crippen LogP contribution in [0.15, 0.2) is 0 Å². The third kappa shape index (κ3) is 2.82. The van der Waals surface area contributed by atoms with E-state index >= 15 is 0 Å². The third-order valence-electron chi connectivity index (χ3n) is 1.52. The average molecular weight is 190 g/mol. The fourth-order valence-corrected chi connectivity index (χ4v) is 4.01. The molecule has 0 aliphatic heterocycles. The van der Waals surface area contributed by atoms with Gasteiger partial charge in [-0.15, -0.1) is 0 Å². The van der Waals surface area contributed by atoms with Gasteiger partial charge >= 0.3 is 17.5 Å². The molecule has 0 aromatic rings. The minimum atomic E-state index is -4.58. The van der Waals surface area contributed by atoms with Crippen molar-refractivity contribution in [3.8, 4) is 0 Å². The van der Waals surface area contributed by atoms with Crippen LogP contribution in [0.3, 0.4) is 0 Å². The van der Waals surface area contributed by atoms with Crippen molar-refractivity contribution in [2.24, 2.45) is 0 Å². The first-order valence-corrected chi connectivity index (χ1v) is 7.58. The second kappa shape index (κ2) is 2.65. The Kier molecular flexibility index (Phi) is 2.69. The van der Waals surface area contributed by atoms with Crippen LogP contribution in [0.25, 0.3) is 0 Å². The van der Waals surface area contributed by atoms with Crippen LogP contribution in [-0.2, 0) is 0 Å². The van der Waals surface area contributed by atoms with Crippen LogP contribution in [0, 0.1) is 0 Å². The predicted molar refractivity (Wildman–Crippen MR) is 37.1 cm³/mol. The predicted octanol–water partition coefficient (Wildman–Crippen LogP) is 2.94. The van der Waals surface area contributed by atoms with Gasteiger partial charge in [0.25, 0.3) is 0 Å². The lowest BCUT2D eigenvalue weighted by atomic mass is 10.9. The van der Waals surface area contributed by atoms with Crippen molar-refractivity contribution in [3.05, 3.63) is 0 Å². The zero-order chi connectivity index (χ0) is 8.58. The van der Waals surface area contributed by atoms with Gasteiger partial charge in [-0.3, -0.25) is 16.4 Å². The Hall–Kier alpha value is 0.154. The summed E-state index contributed by atoms with van der Waals surface area (Å²) >= 11 is 0. The Morgan fingerprint density at radius 3 is 1.10 bits per heavy atom. The summed E-state index contributed by atoms with van der Waals surface area (Å²) in [4.78, 5) is 0. The summed E-state index contributed by atoms with van der Waals surface area (Å²) in [6.07, 6.45) is 0.